The highest BCUT2D eigenvalue weighted by Crippen LogP contribution is 2.34. The largest absolute Gasteiger partial charge is 0.444 e. The summed E-state index contributed by atoms with van der Waals surface area (Å²) in [5.74, 6) is -2.89. The van der Waals surface area contributed by atoms with Crippen LogP contribution < -0.4 is 5.48 Å². The van der Waals surface area contributed by atoms with Crippen molar-refractivity contribution in [1.82, 2.24) is 10.4 Å². The molecule has 1 atom stereocenters. The fraction of sp³-hybridized carbons (Fsp3) is 0.909. The van der Waals surface area contributed by atoms with E-state index < -0.39 is 36.6 Å². The smallest absolute Gasteiger partial charge is 0.410 e. The van der Waals surface area contributed by atoms with E-state index in [4.69, 9.17) is 9.94 Å². The summed E-state index contributed by atoms with van der Waals surface area (Å²) in [5, 5.41) is 8.50. The predicted molar refractivity (Wildman–Crippen MR) is 60.7 cm³/mol. The Hall–Kier alpha value is -0.950. The quantitative estimate of drug-likeness (QED) is 0.767. The topological polar surface area (TPSA) is 61.8 Å². The first-order valence-electron chi connectivity index (χ1n) is 5.89. The molecule has 7 heteroatoms. The first-order valence-corrected chi connectivity index (χ1v) is 5.89. The maximum Gasteiger partial charge on any atom is 0.410 e. The number of carbonyl (C=O) groups excluding carboxylic acids is 1. The van der Waals surface area contributed by atoms with Crippen LogP contribution >= 0.6 is 0 Å². The Morgan fingerprint density at radius 3 is 2.67 bits per heavy atom. The number of carbonyl (C=O) groups is 1. The molecule has 1 heterocycles. The highest BCUT2D eigenvalue weighted by Gasteiger charge is 2.47. The number of hydrogen-bond donors (Lipinski definition) is 2. The highest BCUT2D eigenvalue weighted by atomic mass is 19.3. The Morgan fingerprint density at radius 1 is 1.56 bits per heavy atom. The van der Waals surface area contributed by atoms with Crippen molar-refractivity contribution in [2.45, 2.75) is 51.2 Å². The number of rotatable bonds is 3. The van der Waals surface area contributed by atoms with Gasteiger partial charge in [0.2, 0.25) is 0 Å². The molecule has 1 aliphatic rings. The van der Waals surface area contributed by atoms with Crippen molar-refractivity contribution in [3.63, 3.8) is 0 Å². The molecule has 1 aliphatic heterocycles. The van der Waals surface area contributed by atoms with E-state index in [9.17, 15) is 13.6 Å². The fourth-order valence-electron chi connectivity index (χ4n) is 1.92. The van der Waals surface area contributed by atoms with Crippen LogP contribution in [0.5, 0.6) is 0 Å². The highest BCUT2D eigenvalue weighted by molar-refractivity contribution is 5.69. The van der Waals surface area contributed by atoms with Gasteiger partial charge in [-0.05, 0) is 27.2 Å². The molecule has 1 fully saturated rings. The monoisotopic (exact) mass is 266 g/mol. The van der Waals surface area contributed by atoms with Crippen LogP contribution in [0.1, 0.15) is 33.6 Å². The van der Waals surface area contributed by atoms with Gasteiger partial charge in [-0.3, -0.25) is 4.90 Å². The molecule has 1 amide bonds. The van der Waals surface area contributed by atoms with Crippen LogP contribution in [0, 0.1) is 0 Å². The van der Waals surface area contributed by atoms with E-state index in [0.717, 1.165) is 4.90 Å². The summed E-state index contributed by atoms with van der Waals surface area (Å²) < 4.78 is 31.8. The van der Waals surface area contributed by atoms with Gasteiger partial charge >= 0.3 is 6.09 Å². The van der Waals surface area contributed by atoms with Gasteiger partial charge in [0.05, 0.1) is 6.54 Å². The number of halogens is 2. The van der Waals surface area contributed by atoms with E-state index in [1.807, 2.05) is 5.48 Å². The van der Waals surface area contributed by atoms with Crippen molar-refractivity contribution >= 4 is 6.09 Å². The van der Waals surface area contributed by atoms with Crippen LogP contribution in [0.15, 0.2) is 0 Å². The van der Waals surface area contributed by atoms with Gasteiger partial charge in [-0.15, -0.1) is 0 Å². The van der Waals surface area contributed by atoms with Crippen molar-refractivity contribution in [2.75, 3.05) is 13.1 Å². The van der Waals surface area contributed by atoms with Gasteiger partial charge in [0.1, 0.15) is 5.60 Å². The van der Waals surface area contributed by atoms with Crippen molar-refractivity contribution in [2.24, 2.45) is 0 Å². The summed E-state index contributed by atoms with van der Waals surface area (Å²) in [6.45, 7) is 4.58. The Morgan fingerprint density at radius 2 is 2.17 bits per heavy atom. The summed E-state index contributed by atoms with van der Waals surface area (Å²) >= 11 is 0. The van der Waals surface area contributed by atoms with Crippen molar-refractivity contribution in [3.05, 3.63) is 0 Å². The number of nitrogens with zero attached hydrogens (tertiary/aromatic N) is 1. The maximum absolute atomic E-state index is 13.3. The summed E-state index contributed by atoms with van der Waals surface area (Å²) in [4.78, 5) is 12.9. The summed E-state index contributed by atoms with van der Waals surface area (Å²) in [5.41, 5.74) is 1.19. The van der Waals surface area contributed by atoms with Crippen molar-refractivity contribution in [3.8, 4) is 0 Å². The van der Waals surface area contributed by atoms with Crippen LogP contribution in [-0.4, -0.2) is 46.9 Å². The minimum absolute atomic E-state index is 0.153. The SMILES string of the molecule is CC(C)(C)OC(=O)N1CC(F)(F)C[C@@H]1CCNO. The molecule has 0 aliphatic carbocycles. The summed E-state index contributed by atoms with van der Waals surface area (Å²) in [6, 6.07) is -0.616. The lowest BCUT2D eigenvalue weighted by atomic mass is 10.1. The molecule has 0 aromatic rings. The van der Waals surface area contributed by atoms with Crippen molar-refractivity contribution < 1.29 is 23.5 Å². The average Bonchev–Trinajstić information content (AvgIpc) is 2.48. The standard InChI is InChI=1S/C11H20F2N2O3/c1-10(2,3)18-9(16)15-7-11(12,13)6-8(15)4-5-14-17/h8,14,17H,4-7H2,1-3H3/t8-/m0/s1. The summed E-state index contributed by atoms with van der Waals surface area (Å²) in [7, 11) is 0. The zero-order valence-corrected chi connectivity index (χ0v) is 10.9. The molecule has 0 saturated carbocycles. The van der Waals surface area contributed by atoms with Crippen molar-refractivity contribution in [1.29, 1.82) is 0 Å². The van der Waals surface area contributed by atoms with E-state index in [1.165, 1.54) is 0 Å². The Labute approximate surface area is 105 Å². The number of nitrogens with one attached hydrogen (secondary N) is 1. The normalized spacial score (nSPS) is 23.2. The molecule has 5 nitrogen and oxygen atoms in total. The van der Waals surface area contributed by atoms with Gasteiger partial charge in [0, 0.05) is 19.0 Å². The molecule has 2 N–H and O–H groups in total. The lowest BCUT2D eigenvalue weighted by Gasteiger charge is -2.28. The molecule has 0 aromatic heterocycles. The van der Waals surface area contributed by atoms with Crippen LogP contribution in [-0.2, 0) is 4.74 Å². The molecule has 1 saturated heterocycles. The van der Waals surface area contributed by atoms with E-state index in [0.29, 0.717) is 0 Å². The van der Waals surface area contributed by atoms with Crippen LogP contribution in [0.4, 0.5) is 13.6 Å². The number of ether oxygens (including phenoxy) is 1. The van der Waals surface area contributed by atoms with Crippen LogP contribution in [0.2, 0.25) is 0 Å². The Kier molecular flexibility index (Phi) is 4.50. The second kappa shape index (κ2) is 5.36. The zero-order chi connectivity index (χ0) is 14.0. The van der Waals surface area contributed by atoms with Gasteiger partial charge in [-0.1, -0.05) is 0 Å². The third-order valence-electron chi connectivity index (χ3n) is 2.59. The molecule has 106 valence electrons. The molecule has 0 spiro atoms. The molecule has 0 aromatic carbocycles. The van der Waals surface area contributed by atoms with Crippen LogP contribution in [0.25, 0.3) is 0 Å². The first kappa shape index (κ1) is 15.1. The second-order valence-electron chi connectivity index (χ2n) is 5.52. The molecular formula is C11H20F2N2O3. The maximum atomic E-state index is 13.3. The molecule has 0 unspecified atom stereocenters. The number of alkyl halides is 2. The Bertz CT molecular complexity index is 305. The minimum Gasteiger partial charge on any atom is -0.444 e. The van der Waals surface area contributed by atoms with Gasteiger partial charge in [0.15, 0.2) is 0 Å². The number of hydroxylamine groups is 1. The van der Waals surface area contributed by atoms with Gasteiger partial charge in [-0.25, -0.2) is 19.1 Å². The third kappa shape index (κ3) is 4.38. The third-order valence-corrected chi connectivity index (χ3v) is 2.59. The van der Waals surface area contributed by atoms with Gasteiger partial charge in [0.25, 0.3) is 5.92 Å². The van der Waals surface area contributed by atoms with E-state index in [2.05, 4.69) is 0 Å². The lowest BCUT2D eigenvalue weighted by Crippen LogP contribution is -2.41. The average molecular weight is 266 g/mol. The molecule has 0 radical (unpaired) electrons. The predicted octanol–water partition coefficient (Wildman–Crippen LogP) is 2.00. The molecule has 18 heavy (non-hydrogen) atoms. The molecule has 0 bridgehead atoms. The number of hydrogen-bond acceptors (Lipinski definition) is 4. The van der Waals surface area contributed by atoms with Gasteiger partial charge < -0.3 is 9.94 Å². The number of likely N-dealkylation sites (tertiary alicyclic amines) is 1. The fourth-order valence-corrected chi connectivity index (χ4v) is 1.92. The minimum atomic E-state index is -2.89. The van der Waals surface area contributed by atoms with E-state index in [-0.39, 0.29) is 13.0 Å². The lowest BCUT2D eigenvalue weighted by molar-refractivity contribution is -0.00252. The second-order valence-corrected chi connectivity index (χ2v) is 5.52. The Balaban J connectivity index is 2.68. The van der Waals surface area contributed by atoms with Crippen LogP contribution in [0.3, 0.4) is 0 Å². The first-order chi connectivity index (χ1) is 8.14. The van der Waals surface area contributed by atoms with Gasteiger partial charge in [-0.2, -0.15) is 0 Å². The molecular weight excluding hydrogens is 246 g/mol. The van der Waals surface area contributed by atoms with E-state index >= 15 is 0 Å². The zero-order valence-electron chi connectivity index (χ0n) is 10.9. The van der Waals surface area contributed by atoms with E-state index in [1.54, 1.807) is 20.8 Å². The number of amides is 1. The summed E-state index contributed by atoms with van der Waals surface area (Å²) in [6.07, 6.45) is -0.873. The molecule has 1 rings (SSSR count).